The summed E-state index contributed by atoms with van der Waals surface area (Å²) in [7, 11) is 0. The van der Waals surface area contributed by atoms with Crippen LogP contribution in [0.1, 0.15) is 0 Å². The van der Waals surface area contributed by atoms with E-state index in [1.807, 2.05) is 24.3 Å². The number of hydrazone groups is 1. The van der Waals surface area contributed by atoms with Gasteiger partial charge in [0, 0.05) is 12.5 Å². The Balaban J connectivity index is 1.80. The van der Waals surface area contributed by atoms with Gasteiger partial charge in [0.15, 0.2) is 6.04 Å². The van der Waals surface area contributed by atoms with E-state index in [0.717, 1.165) is 5.71 Å². The summed E-state index contributed by atoms with van der Waals surface area (Å²) in [5, 5.41) is 15.4. The number of aliphatic carboxylic acids is 1. The monoisotopic (exact) mass is 234 g/mol. The quantitative estimate of drug-likeness (QED) is 0.772. The van der Waals surface area contributed by atoms with Crippen LogP contribution in [0.5, 0.6) is 0 Å². The van der Waals surface area contributed by atoms with Gasteiger partial charge in [-0.25, -0.2) is 4.79 Å². The summed E-state index contributed by atoms with van der Waals surface area (Å²) < 4.78 is 5.11. The lowest BCUT2D eigenvalue weighted by molar-refractivity contribution is -0.144. The molecule has 0 saturated carbocycles. The second kappa shape index (κ2) is 4.00. The highest BCUT2D eigenvalue weighted by molar-refractivity contribution is 6.03. The molecule has 2 aliphatic heterocycles. The van der Waals surface area contributed by atoms with Crippen molar-refractivity contribution in [2.75, 3.05) is 19.8 Å². The lowest BCUT2D eigenvalue weighted by atomic mass is 9.91. The Morgan fingerprint density at radius 2 is 2.35 bits per heavy atom. The van der Waals surface area contributed by atoms with Crippen molar-refractivity contribution in [3.8, 4) is 0 Å². The van der Waals surface area contributed by atoms with E-state index in [0.29, 0.717) is 25.7 Å². The van der Waals surface area contributed by atoms with Gasteiger partial charge in [0.25, 0.3) is 0 Å². The van der Waals surface area contributed by atoms with Gasteiger partial charge in [-0.05, 0) is 6.08 Å². The van der Waals surface area contributed by atoms with Gasteiger partial charge in [0.1, 0.15) is 0 Å². The zero-order valence-corrected chi connectivity index (χ0v) is 9.32. The predicted molar refractivity (Wildman–Crippen MR) is 61.6 cm³/mol. The Morgan fingerprint density at radius 3 is 3.00 bits per heavy atom. The average molecular weight is 234 g/mol. The molecule has 1 N–H and O–H groups in total. The molecule has 0 amide bonds. The minimum absolute atomic E-state index is 0.113. The molecule has 0 radical (unpaired) electrons. The third-order valence-electron chi connectivity index (χ3n) is 3.35. The van der Waals surface area contributed by atoms with Crippen molar-refractivity contribution in [2.24, 2.45) is 16.9 Å². The topological polar surface area (TPSA) is 62.1 Å². The summed E-state index contributed by atoms with van der Waals surface area (Å²) in [6.07, 6.45) is 7.58. The Hall–Kier alpha value is -1.62. The normalized spacial score (nSPS) is 31.1. The number of carboxylic acids is 1. The predicted octanol–water partition coefficient (Wildman–Crippen LogP) is 0.500. The summed E-state index contributed by atoms with van der Waals surface area (Å²) in [5.41, 5.74) is 0.847. The highest BCUT2D eigenvalue weighted by Crippen LogP contribution is 2.28. The third kappa shape index (κ3) is 1.76. The van der Waals surface area contributed by atoms with E-state index >= 15 is 0 Å². The van der Waals surface area contributed by atoms with E-state index in [1.165, 1.54) is 0 Å². The summed E-state index contributed by atoms with van der Waals surface area (Å²) >= 11 is 0. The molecule has 0 aromatic heterocycles. The maximum absolute atomic E-state index is 11.4. The lowest BCUT2D eigenvalue weighted by Gasteiger charge is -2.32. The molecule has 0 spiro atoms. The van der Waals surface area contributed by atoms with Gasteiger partial charge in [-0.2, -0.15) is 5.10 Å². The maximum atomic E-state index is 11.4. The van der Waals surface area contributed by atoms with Crippen LogP contribution in [0.3, 0.4) is 0 Å². The molecule has 3 aliphatic rings. The van der Waals surface area contributed by atoms with Crippen LogP contribution < -0.4 is 0 Å². The first-order valence-corrected chi connectivity index (χ1v) is 5.76. The van der Waals surface area contributed by atoms with E-state index in [2.05, 4.69) is 5.10 Å². The molecule has 90 valence electrons. The zero-order chi connectivity index (χ0) is 11.8. The standard InChI is InChI=1S/C12H14N2O3/c15-12(16)11-9-3-1-2-4-10(9)13-14(11)5-8-6-17-7-8/h1-4,8-9,11H,5-7H2,(H,15,16). The van der Waals surface area contributed by atoms with Gasteiger partial charge in [-0.15, -0.1) is 0 Å². The average Bonchev–Trinajstić information content (AvgIpc) is 2.61. The number of carbonyl (C=O) groups is 1. The van der Waals surface area contributed by atoms with Gasteiger partial charge in [-0.3, -0.25) is 5.01 Å². The number of nitrogens with zero attached hydrogens (tertiary/aromatic N) is 2. The van der Waals surface area contributed by atoms with E-state index in [9.17, 15) is 9.90 Å². The first-order valence-electron chi connectivity index (χ1n) is 5.76. The van der Waals surface area contributed by atoms with E-state index in [4.69, 9.17) is 4.74 Å². The van der Waals surface area contributed by atoms with Crippen LogP contribution in [-0.4, -0.2) is 47.6 Å². The van der Waals surface area contributed by atoms with Crippen LogP contribution in [0.15, 0.2) is 29.4 Å². The molecule has 2 unspecified atom stereocenters. The molecule has 3 rings (SSSR count). The van der Waals surface area contributed by atoms with Gasteiger partial charge in [0.05, 0.1) is 24.8 Å². The van der Waals surface area contributed by atoms with Crippen LogP contribution in [0.4, 0.5) is 0 Å². The summed E-state index contributed by atoms with van der Waals surface area (Å²) in [6, 6.07) is -0.563. The number of fused-ring (bicyclic) bond motifs is 1. The fourth-order valence-corrected chi connectivity index (χ4v) is 2.40. The fraction of sp³-hybridized carbons (Fsp3) is 0.500. The Bertz CT molecular complexity index is 423. The molecule has 1 saturated heterocycles. The first-order chi connectivity index (χ1) is 8.25. The Kier molecular flexibility index (Phi) is 2.48. The number of carboxylic acid groups (broad SMARTS) is 1. The molecule has 17 heavy (non-hydrogen) atoms. The van der Waals surface area contributed by atoms with E-state index < -0.39 is 12.0 Å². The van der Waals surface area contributed by atoms with Crippen molar-refractivity contribution in [2.45, 2.75) is 6.04 Å². The Morgan fingerprint density at radius 1 is 1.53 bits per heavy atom. The molecule has 1 fully saturated rings. The lowest BCUT2D eigenvalue weighted by Crippen LogP contribution is -2.45. The van der Waals surface area contributed by atoms with Crippen LogP contribution in [-0.2, 0) is 9.53 Å². The minimum Gasteiger partial charge on any atom is -0.480 e. The fourth-order valence-electron chi connectivity index (χ4n) is 2.40. The highest BCUT2D eigenvalue weighted by Gasteiger charge is 2.41. The van der Waals surface area contributed by atoms with Crippen LogP contribution in [0.25, 0.3) is 0 Å². The second-order valence-electron chi connectivity index (χ2n) is 4.60. The van der Waals surface area contributed by atoms with Gasteiger partial charge >= 0.3 is 5.97 Å². The van der Waals surface area contributed by atoms with Crippen molar-refractivity contribution in [1.29, 1.82) is 0 Å². The SMILES string of the molecule is O=C(O)C1C2C=CC=CC2=NN1CC1COC1. The molecule has 0 aromatic rings. The number of ether oxygens (including phenoxy) is 1. The third-order valence-corrected chi connectivity index (χ3v) is 3.35. The van der Waals surface area contributed by atoms with Crippen LogP contribution in [0, 0.1) is 11.8 Å². The summed E-state index contributed by atoms with van der Waals surface area (Å²) in [5.74, 6) is -0.512. The number of rotatable bonds is 3. The molecular weight excluding hydrogens is 220 g/mol. The minimum atomic E-state index is -0.811. The van der Waals surface area contributed by atoms with Crippen molar-refractivity contribution in [3.05, 3.63) is 24.3 Å². The molecule has 5 heteroatoms. The molecule has 5 nitrogen and oxygen atoms in total. The van der Waals surface area contributed by atoms with E-state index in [-0.39, 0.29) is 5.92 Å². The first kappa shape index (κ1) is 10.5. The van der Waals surface area contributed by atoms with Crippen molar-refractivity contribution in [3.63, 3.8) is 0 Å². The van der Waals surface area contributed by atoms with E-state index in [1.54, 1.807) is 5.01 Å². The number of hydrogen-bond donors (Lipinski definition) is 1. The van der Waals surface area contributed by atoms with Crippen molar-refractivity contribution < 1.29 is 14.6 Å². The molecule has 2 heterocycles. The summed E-state index contributed by atoms with van der Waals surface area (Å²) in [4.78, 5) is 11.4. The molecule has 1 aliphatic carbocycles. The number of hydrogen-bond acceptors (Lipinski definition) is 4. The highest BCUT2D eigenvalue weighted by atomic mass is 16.5. The molecule has 0 aromatic carbocycles. The van der Waals surface area contributed by atoms with Gasteiger partial charge in [0.2, 0.25) is 0 Å². The molecule has 0 bridgehead atoms. The Labute approximate surface area is 99.1 Å². The van der Waals surface area contributed by atoms with Crippen LogP contribution >= 0.6 is 0 Å². The smallest absolute Gasteiger partial charge is 0.329 e. The van der Waals surface area contributed by atoms with Crippen LogP contribution in [0.2, 0.25) is 0 Å². The summed E-state index contributed by atoms with van der Waals surface area (Å²) in [6.45, 7) is 2.09. The van der Waals surface area contributed by atoms with Crippen molar-refractivity contribution in [1.82, 2.24) is 5.01 Å². The largest absolute Gasteiger partial charge is 0.480 e. The zero-order valence-electron chi connectivity index (χ0n) is 9.32. The van der Waals surface area contributed by atoms with Gasteiger partial charge in [-0.1, -0.05) is 18.2 Å². The molecular formula is C12H14N2O3. The van der Waals surface area contributed by atoms with Crippen molar-refractivity contribution >= 4 is 11.7 Å². The molecule has 2 atom stereocenters. The maximum Gasteiger partial charge on any atom is 0.329 e. The number of allylic oxidation sites excluding steroid dienone is 3. The second-order valence-corrected chi connectivity index (χ2v) is 4.60. The van der Waals surface area contributed by atoms with Gasteiger partial charge < -0.3 is 9.84 Å².